The molecule has 18 heteroatoms. The number of oxazole rings is 1. The minimum absolute atomic E-state index is 0. The number of aromatic carboxylic acids is 1. The van der Waals surface area contributed by atoms with E-state index in [4.69, 9.17) is 23.4 Å². The Morgan fingerprint density at radius 2 is 1.28 bits per heavy atom. The number of carboxylic acids is 5. The molecule has 4 rings (SSSR count). The van der Waals surface area contributed by atoms with Gasteiger partial charge in [-0.05, 0) is 36.8 Å². The van der Waals surface area contributed by atoms with Gasteiger partial charge in [0.15, 0.2) is 5.76 Å². The number of fused-ring (bicyclic) bond motifs is 1. The Bertz CT molecular complexity index is 1780. The number of carboxylic acid groups (broad SMARTS) is 5. The molecular formula is C29H29CaN3O14. The Morgan fingerprint density at radius 1 is 0.745 bits per heavy atom. The number of aryl methyl sites for hydroxylation is 1. The molecule has 0 radical (unpaired) electrons. The van der Waals surface area contributed by atoms with Crippen molar-refractivity contribution in [1.82, 2.24) is 4.98 Å². The maximum atomic E-state index is 11.6. The number of anilines is 2. The van der Waals surface area contributed by atoms with E-state index in [9.17, 15) is 44.4 Å². The number of rotatable bonds is 17. The first-order valence-corrected chi connectivity index (χ1v) is 13.3. The van der Waals surface area contributed by atoms with Gasteiger partial charge in [0.2, 0.25) is 5.76 Å². The van der Waals surface area contributed by atoms with Crippen molar-refractivity contribution in [3.8, 4) is 23.1 Å². The van der Waals surface area contributed by atoms with Crippen molar-refractivity contribution >= 4 is 89.9 Å². The van der Waals surface area contributed by atoms with Crippen LogP contribution in [0.25, 0.3) is 22.6 Å². The monoisotopic (exact) mass is 683 g/mol. The molecule has 0 spiro atoms. The second-order valence-electron chi connectivity index (χ2n) is 9.76. The van der Waals surface area contributed by atoms with Gasteiger partial charge in [-0.15, -0.1) is 0 Å². The first kappa shape index (κ1) is 36.5. The van der Waals surface area contributed by atoms with Gasteiger partial charge in [0.05, 0.1) is 17.6 Å². The zero-order chi connectivity index (χ0) is 33.5. The van der Waals surface area contributed by atoms with E-state index in [0.717, 1.165) is 21.6 Å². The zero-order valence-electron chi connectivity index (χ0n) is 26.7. The minimum Gasteiger partial charge on any atom is -1.00 e. The van der Waals surface area contributed by atoms with Gasteiger partial charge in [0, 0.05) is 11.5 Å². The molecule has 0 aliphatic heterocycles. The van der Waals surface area contributed by atoms with E-state index in [1.165, 1.54) is 24.3 Å². The van der Waals surface area contributed by atoms with Crippen LogP contribution in [0.2, 0.25) is 0 Å². The molecule has 0 atom stereocenters. The van der Waals surface area contributed by atoms with Gasteiger partial charge >= 0.3 is 67.6 Å². The first-order valence-electron chi connectivity index (χ1n) is 13.3. The van der Waals surface area contributed by atoms with E-state index in [0.29, 0.717) is 5.39 Å². The molecule has 246 valence electrons. The summed E-state index contributed by atoms with van der Waals surface area (Å²) >= 11 is 0. The van der Waals surface area contributed by atoms with E-state index >= 15 is 0 Å². The summed E-state index contributed by atoms with van der Waals surface area (Å²) in [4.78, 5) is 63.1. The molecule has 0 saturated carbocycles. The van der Waals surface area contributed by atoms with Crippen molar-refractivity contribution < 1.29 is 70.7 Å². The number of aliphatic carboxylic acids is 4. The number of nitrogens with zero attached hydrogens (tertiary/aromatic N) is 3. The average molecular weight is 684 g/mol. The van der Waals surface area contributed by atoms with Gasteiger partial charge < -0.3 is 56.5 Å². The Kier molecular flexibility index (Phi) is 12.4. The number of aromatic nitrogens is 1. The van der Waals surface area contributed by atoms with Gasteiger partial charge in [-0.2, -0.15) is 0 Å². The topological polar surface area (TPSA) is 251 Å². The Hall–Kier alpha value is -5.00. The quantitative estimate of drug-likeness (QED) is 0.0791. The summed E-state index contributed by atoms with van der Waals surface area (Å²) in [6.07, 6.45) is 0.995. The van der Waals surface area contributed by atoms with Crippen LogP contribution in [-0.2, 0) is 19.2 Å². The van der Waals surface area contributed by atoms with Gasteiger partial charge in [-0.3, -0.25) is 19.2 Å². The molecular weight excluding hydrogens is 654 g/mol. The van der Waals surface area contributed by atoms with Crippen LogP contribution in [0.15, 0.2) is 51.4 Å². The van der Waals surface area contributed by atoms with Crippen LogP contribution in [0, 0.1) is 6.92 Å². The maximum absolute atomic E-state index is 11.6. The Balaban J connectivity index is 0.00000400. The predicted octanol–water partition coefficient (Wildman–Crippen LogP) is 2.35. The molecule has 0 fully saturated rings. The molecule has 2 aromatic heterocycles. The first-order chi connectivity index (χ1) is 21.8. The molecule has 4 aromatic rings. The zero-order valence-corrected chi connectivity index (χ0v) is 27.0. The minimum atomic E-state index is -1.35. The number of benzene rings is 2. The van der Waals surface area contributed by atoms with Crippen molar-refractivity contribution in [3.63, 3.8) is 0 Å². The Labute approximate surface area is 297 Å². The van der Waals surface area contributed by atoms with Crippen LogP contribution in [0.4, 0.5) is 11.4 Å². The summed E-state index contributed by atoms with van der Waals surface area (Å²) in [5.74, 6) is -6.80. The second kappa shape index (κ2) is 16.0. The number of carbonyl (C=O) groups is 5. The van der Waals surface area contributed by atoms with E-state index in [1.807, 2.05) is 0 Å². The fraction of sp³-hybridized carbons (Fsp3) is 0.241. The van der Waals surface area contributed by atoms with Crippen LogP contribution >= 0.6 is 0 Å². The van der Waals surface area contributed by atoms with Crippen LogP contribution < -0.4 is 19.3 Å². The largest absolute Gasteiger partial charge is 2.00 e. The molecule has 5 N–H and O–H groups in total. The van der Waals surface area contributed by atoms with Crippen LogP contribution in [-0.4, -0.2) is 137 Å². The van der Waals surface area contributed by atoms with E-state index in [2.05, 4.69) is 4.98 Å². The second-order valence-corrected chi connectivity index (χ2v) is 9.76. The van der Waals surface area contributed by atoms with E-state index < -0.39 is 61.8 Å². The summed E-state index contributed by atoms with van der Waals surface area (Å²) in [5, 5.41) is 47.0. The molecule has 47 heavy (non-hydrogen) atoms. The SMILES string of the molecule is Cc1ccc(N(CC(=O)O)CC(=O)O)c(OCCOc2cc3cc(-c4ncc(C(=O)O)o4)oc3cc2N(CC(=O)O)CC(=O)O)c1.[Ca+2].[H-].[H-]. The van der Waals surface area contributed by atoms with E-state index in [1.54, 1.807) is 19.1 Å². The molecule has 0 unspecified atom stereocenters. The average Bonchev–Trinajstić information content (AvgIpc) is 3.61. The fourth-order valence-electron chi connectivity index (χ4n) is 4.42. The molecule has 0 bridgehead atoms. The van der Waals surface area contributed by atoms with Crippen LogP contribution in [0.5, 0.6) is 11.5 Å². The Morgan fingerprint density at radius 3 is 1.79 bits per heavy atom. The van der Waals surface area contributed by atoms with Crippen LogP contribution in [0.1, 0.15) is 19.0 Å². The summed E-state index contributed by atoms with van der Waals surface area (Å²) in [5.41, 5.74) is 1.16. The third-order valence-corrected chi connectivity index (χ3v) is 6.22. The predicted molar refractivity (Wildman–Crippen MR) is 164 cm³/mol. The number of hydrogen-bond donors (Lipinski definition) is 5. The molecule has 0 saturated heterocycles. The maximum Gasteiger partial charge on any atom is 2.00 e. The van der Waals surface area contributed by atoms with Gasteiger partial charge in [-0.25, -0.2) is 9.78 Å². The fourth-order valence-corrected chi connectivity index (χ4v) is 4.42. The normalized spacial score (nSPS) is 10.6. The van der Waals surface area contributed by atoms with Gasteiger partial charge in [0.1, 0.15) is 56.5 Å². The standard InChI is InChI=1S/C29H27N3O14.Ca.2H/c1-15-2-3-17(31(11-24(33)34)12-25(35)36)20(6-15)43-4-5-44-21-7-16-8-22(28-30-10-23(46-28)29(41)42)45-19(16)9-18(21)32(13-26(37)38)14-27(39)40;;;/h2-3,6-10H,4-5,11-14H2,1H3,(H,33,34)(H,35,36)(H,37,38)(H,39,40)(H,41,42);;;/q;+2;2*-1. The third kappa shape index (κ3) is 9.74. The van der Waals surface area contributed by atoms with Crippen molar-refractivity contribution in [2.24, 2.45) is 0 Å². The van der Waals surface area contributed by atoms with Crippen molar-refractivity contribution in [2.75, 3.05) is 49.2 Å². The number of furan rings is 1. The number of hydrogen-bond acceptors (Lipinski definition) is 12. The van der Waals surface area contributed by atoms with Crippen molar-refractivity contribution in [2.45, 2.75) is 6.92 Å². The molecule has 2 heterocycles. The summed E-state index contributed by atoms with van der Waals surface area (Å²) < 4.78 is 22.7. The molecule has 17 nitrogen and oxygen atoms in total. The third-order valence-electron chi connectivity index (χ3n) is 6.22. The van der Waals surface area contributed by atoms with Crippen LogP contribution in [0.3, 0.4) is 0 Å². The van der Waals surface area contributed by atoms with Gasteiger partial charge in [-0.1, -0.05) is 6.07 Å². The number of ether oxygens (including phenoxy) is 2. The molecule has 2 aromatic carbocycles. The van der Waals surface area contributed by atoms with Crippen molar-refractivity contribution in [3.05, 3.63) is 53.9 Å². The molecule has 0 amide bonds. The smallest absolute Gasteiger partial charge is 1.00 e. The van der Waals surface area contributed by atoms with E-state index in [-0.39, 0.29) is 93.9 Å². The summed E-state index contributed by atoms with van der Waals surface area (Å²) in [7, 11) is 0. The van der Waals surface area contributed by atoms with Gasteiger partial charge in [0.25, 0.3) is 5.89 Å². The summed E-state index contributed by atoms with van der Waals surface area (Å²) in [6.45, 7) is -1.20. The summed E-state index contributed by atoms with van der Waals surface area (Å²) in [6, 6.07) is 9.07. The molecule has 0 aliphatic carbocycles. The molecule has 0 aliphatic rings. The van der Waals surface area contributed by atoms with Crippen molar-refractivity contribution in [1.29, 1.82) is 0 Å².